The van der Waals surface area contributed by atoms with Crippen LogP contribution in [0.2, 0.25) is 0 Å². The number of carbonyl (C=O) groups is 1. The zero-order valence-corrected chi connectivity index (χ0v) is 15.7. The molecule has 5 heteroatoms. The van der Waals surface area contributed by atoms with Gasteiger partial charge in [-0.3, -0.25) is 4.79 Å². The molecule has 4 aromatic rings. The number of esters is 1. The van der Waals surface area contributed by atoms with Gasteiger partial charge in [0.25, 0.3) is 0 Å². The molecule has 0 unspecified atom stereocenters. The second-order valence-corrected chi connectivity index (χ2v) is 6.87. The van der Waals surface area contributed by atoms with Crippen molar-refractivity contribution in [2.45, 2.75) is 39.7 Å². The van der Waals surface area contributed by atoms with Gasteiger partial charge in [-0.25, -0.2) is 9.97 Å². The summed E-state index contributed by atoms with van der Waals surface area (Å²) in [6.07, 6.45) is 3.07. The molecule has 27 heavy (non-hydrogen) atoms. The van der Waals surface area contributed by atoms with E-state index in [2.05, 4.69) is 6.92 Å². The van der Waals surface area contributed by atoms with Gasteiger partial charge in [0.05, 0.1) is 23.2 Å². The molecule has 2 aromatic heterocycles. The summed E-state index contributed by atoms with van der Waals surface area (Å²) < 4.78 is 7.38. The molecule has 2 heterocycles. The molecule has 0 N–H and O–H groups in total. The van der Waals surface area contributed by atoms with Gasteiger partial charge in [0.15, 0.2) is 5.65 Å². The number of ether oxygens (including phenoxy) is 1. The monoisotopic (exact) mass is 361 g/mol. The van der Waals surface area contributed by atoms with Crippen LogP contribution in [0.3, 0.4) is 0 Å². The van der Waals surface area contributed by atoms with Gasteiger partial charge in [0.2, 0.25) is 0 Å². The molecule has 138 valence electrons. The third kappa shape index (κ3) is 3.25. The zero-order valence-electron chi connectivity index (χ0n) is 15.7. The Morgan fingerprint density at radius 3 is 2.59 bits per heavy atom. The maximum Gasteiger partial charge on any atom is 0.326 e. The Bertz CT molecular complexity index is 1130. The molecular weight excluding hydrogens is 338 g/mol. The normalized spacial score (nSPS) is 11.5. The molecule has 0 saturated carbocycles. The molecule has 0 radical (unpaired) electrons. The first-order chi connectivity index (χ1) is 13.2. The van der Waals surface area contributed by atoms with Crippen LogP contribution < -0.4 is 0 Å². The van der Waals surface area contributed by atoms with Crippen molar-refractivity contribution in [1.82, 2.24) is 14.5 Å². The van der Waals surface area contributed by atoms with Gasteiger partial charge in [-0.15, -0.1) is 0 Å². The number of benzene rings is 2. The van der Waals surface area contributed by atoms with E-state index >= 15 is 0 Å². The third-order valence-electron chi connectivity index (χ3n) is 4.87. The molecule has 0 fully saturated rings. The third-order valence-corrected chi connectivity index (χ3v) is 4.87. The number of aryl methyl sites for hydroxylation is 1. The van der Waals surface area contributed by atoms with Crippen LogP contribution >= 0.6 is 0 Å². The highest BCUT2D eigenvalue weighted by Gasteiger charge is 2.18. The van der Waals surface area contributed by atoms with Gasteiger partial charge in [-0.05, 0) is 31.0 Å². The summed E-state index contributed by atoms with van der Waals surface area (Å²) in [6, 6.07) is 13.9. The summed E-state index contributed by atoms with van der Waals surface area (Å²) in [5.41, 5.74) is 5.31. The topological polar surface area (TPSA) is 57.0 Å². The molecule has 0 saturated heterocycles. The Balaban J connectivity index is 1.81. The van der Waals surface area contributed by atoms with Crippen LogP contribution in [0.1, 0.15) is 31.7 Å². The Morgan fingerprint density at radius 2 is 1.81 bits per heavy atom. The smallest absolute Gasteiger partial charge is 0.326 e. The number of rotatable bonds is 6. The highest BCUT2D eigenvalue weighted by molar-refractivity contribution is 6.08. The number of nitrogens with zero attached hydrogens (tertiary/aromatic N) is 3. The van der Waals surface area contributed by atoms with Crippen molar-refractivity contribution in [3.63, 3.8) is 0 Å². The van der Waals surface area contributed by atoms with E-state index in [4.69, 9.17) is 14.7 Å². The van der Waals surface area contributed by atoms with Gasteiger partial charge >= 0.3 is 5.97 Å². The molecular formula is C22H23N3O2. The number of carbonyl (C=O) groups excluding carboxylic acids is 1. The van der Waals surface area contributed by atoms with Crippen molar-refractivity contribution in [3.05, 3.63) is 48.0 Å². The largest absolute Gasteiger partial charge is 0.464 e. The number of unbranched alkanes of at least 4 members (excludes halogenated alkanes) is 2. The lowest BCUT2D eigenvalue weighted by Crippen LogP contribution is -2.15. The van der Waals surface area contributed by atoms with Crippen molar-refractivity contribution in [2.24, 2.45) is 0 Å². The van der Waals surface area contributed by atoms with E-state index in [0.29, 0.717) is 6.61 Å². The van der Waals surface area contributed by atoms with Crippen molar-refractivity contribution < 1.29 is 9.53 Å². The highest BCUT2D eigenvalue weighted by atomic mass is 16.5. The maximum absolute atomic E-state index is 12.4. The van der Waals surface area contributed by atoms with Gasteiger partial charge in [-0.1, -0.05) is 50.1 Å². The predicted molar refractivity (Wildman–Crippen MR) is 108 cm³/mol. The van der Waals surface area contributed by atoms with Crippen molar-refractivity contribution >= 4 is 39.1 Å². The van der Waals surface area contributed by atoms with Crippen molar-refractivity contribution in [1.29, 1.82) is 0 Å². The van der Waals surface area contributed by atoms with E-state index in [1.165, 1.54) is 0 Å². The summed E-state index contributed by atoms with van der Waals surface area (Å²) in [7, 11) is 0. The van der Waals surface area contributed by atoms with Gasteiger partial charge in [-0.2, -0.15) is 0 Å². The Kier molecular flexibility index (Phi) is 4.75. The SMILES string of the molecule is CCCCCOC(=O)Cn1c2nc3ccccc3nc2c2cccc(C)c21. The molecule has 5 nitrogen and oxygen atoms in total. The lowest BCUT2D eigenvalue weighted by atomic mass is 10.1. The van der Waals surface area contributed by atoms with Crippen LogP contribution in [0.15, 0.2) is 42.5 Å². The molecule has 0 aliphatic rings. The molecule has 2 aromatic carbocycles. The quantitative estimate of drug-likeness (QED) is 0.366. The second kappa shape index (κ2) is 7.35. The van der Waals surface area contributed by atoms with Crippen LogP contribution in [0, 0.1) is 6.92 Å². The first-order valence-electron chi connectivity index (χ1n) is 9.49. The van der Waals surface area contributed by atoms with Crippen molar-refractivity contribution in [3.8, 4) is 0 Å². The van der Waals surface area contributed by atoms with Crippen LogP contribution in [0.25, 0.3) is 33.1 Å². The maximum atomic E-state index is 12.4. The van der Waals surface area contributed by atoms with Crippen LogP contribution in [0.5, 0.6) is 0 Å². The Morgan fingerprint density at radius 1 is 1.04 bits per heavy atom. The molecule has 0 aliphatic heterocycles. The van der Waals surface area contributed by atoms with Crippen LogP contribution in [0.4, 0.5) is 0 Å². The fourth-order valence-corrected chi connectivity index (χ4v) is 3.54. The first kappa shape index (κ1) is 17.5. The van der Waals surface area contributed by atoms with Gasteiger partial charge in [0.1, 0.15) is 12.1 Å². The second-order valence-electron chi connectivity index (χ2n) is 6.87. The standard InChI is InChI=1S/C22H23N3O2/c1-3-4-7-13-27-19(26)14-25-21-15(2)9-8-10-16(21)20-22(25)24-18-12-6-5-11-17(18)23-20/h5-6,8-12H,3-4,7,13-14H2,1-2H3. The first-order valence-corrected chi connectivity index (χ1v) is 9.49. The Labute approximate surface area is 158 Å². The van der Waals surface area contributed by atoms with E-state index < -0.39 is 0 Å². The minimum atomic E-state index is -0.233. The van der Waals surface area contributed by atoms with Crippen LogP contribution in [-0.4, -0.2) is 27.1 Å². The average molecular weight is 361 g/mol. The Hall–Kier alpha value is -2.95. The zero-order chi connectivity index (χ0) is 18.8. The number of fused-ring (bicyclic) bond motifs is 4. The predicted octanol–water partition coefficient (Wildman–Crippen LogP) is 4.78. The van der Waals surface area contributed by atoms with E-state index in [1.807, 2.05) is 54.0 Å². The lowest BCUT2D eigenvalue weighted by molar-refractivity contribution is -0.144. The van der Waals surface area contributed by atoms with E-state index in [9.17, 15) is 4.79 Å². The molecule has 0 aliphatic carbocycles. The summed E-state index contributed by atoms with van der Waals surface area (Å²) in [5, 5.41) is 1.02. The minimum Gasteiger partial charge on any atom is -0.464 e. The summed E-state index contributed by atoms with van der Waals surface area (Å²) >= 11 is 0. The van der Waals surface area contributed by atoms with Gasteiger partial charge < -0.3 is 9.30 Å². The fraction of sp³-hybridized carbons (Fsp3) is 0.318. The summed E-state index contributed by atoms with van der Waals surface area (Å²) in [6.45, 7) is 4.79. The van der Waals surface area contributed by atoms with E-state index in [-0.39, 0.29) is 12.5 Å². The van der Waals surface area contributed by atoms with Gasteiger partial charge in [0, 0.05) is 5.39 Å². The van der Waals surface area contributed by atoms with Crippen LogP contribution in [-0.2, 0) is 16.1 Å². The summed E-state index contributed by atoms with van der Waals surface area (Å²) in [5.74, 6) is -0.233. The minimum absolute atomic E-state index is 0.143. The van der Waals surface area contributed by atoms with E-state index in [0.717, 1.165) is 57.9 Å². The molecule has 0 bridgehead atoms. The lowest BCUT2D eigenvalue weighted by Gasteiger charge is -2.09. The number of aromatic nitrogens is 3. The molecule has 0 atom stereocenters. The number of para-hydroxylation sites is 3. The molecule has 0 spiro atoms. The fourth-order valence-electron chi connectivity index (χ4n) is 3.54. The van der Waals surface area contributed by atoms with Crippen molar-refractivity contribution in [2.75, 3.05) is 6.61 Å². The molecule has 0 amide bonds. The average Bonchev–Trinajstić information content (AvgIpc) is 2.98. The molecule has 4 rings (SSSR count). The summed E-state index contributed by atoms with van der Waals surface area (Å²) in [4.78, 5) is 22.1. The highest BCUT2D eigenvalue weighted by Crippen LogP contribution is 2.30. The number of hydrogen-bond acceptors (Lipinski definition) is 4. The number of hydrogen-bond donors (Lipinski definition) is 0. The van der Waals surface area contributed by atoms with E-state index in [1.54, 1.807) is 0 Å².